The number of aromatic nitrogens is 1. The molecule has 0 unspecified atom stereocenters. The van der Waals surface area contributed by atoms with Crippen LogP contribution in [0.2, 0.25) is 0 Å². The highest BCUT2D eigenvalue weighted by Gasteiger charge is 2.13. The lowest BCUT2D eigenvalue weighted by Gasteiger charge is -2.08. The van der Waals surface area contributed by atoms with Crippen molar-refractivity contribution in [3.63, 3.8) is 0 Å². The molecule has 1 aromatic heterocycles. The highest BCUT2D eigenvalue weighted by Crippen LogP contribution is 2.31. The molecule has 33 heavy (non-hydrogen) atoms. The highest BCUT2D eigenvalue weighted by molar-refractivity contribution is 7.21. The molecule has 168 valence electrons. The molecule has 0 aliphatic carbocycles. The second-order valence-electron chi connectivity index (χ2n) is 7.10. The lowest BCUT2D eigenvalue weighted by molar-refractivity contribution is -0.119. The molecule has 1 amide bonds. The van der Waals surface area contributed by atoms with Gasteiger partial charge in [0.2, 0.25) is 0 Å². The summed E-state index contributed by atoms with van der Waals surface area (Å²) in [6.07, 6.45) is 0. The molecule has 6 nitrogen and oxygen atoms in total. The largest absolute Gasteiger partial charge is 0.452 e. The molecule has 0 saturated carbocycles. The van der Waals surface area contributed by atoms with Crippen LogP contribution >= 0.6 is 11.3 Å². The lowest BCUT2D eigenvalue weighted by Crippen LogP contribution is -2.20. The summed E-state index contributed by atoms with van der Waals surface area (Å²) in [6.45, 7) is -1.50. The second kappa shape index (κ2) is 9.74. The Bertz CT molecular complexity index is 1310. The summed E-state index contributed by atoms with van der Waals surface area (Å²) in [5.74, 6) is -1.54. The first-order chi connectivity index (χ1) is 15.9. The van der Waals surface area contributed by atoms with Crippen LogP contribution in [0.1, 0.15) is 15.9 Å². The smallest absolute Gasteiger partial charge is 0.387 e. The topological polar surface area (TPSA) is 77.5 Å². The fraction of sp³-hybridized carbons (Fsp3) is 0.125. The third-order valence-electron chi connectivity index (χ3n) is 4.59. The van der Waals surface area contributed by atoms with Crippen molar-refractivity contribution in [2.75, 3.05) is 11.9 Å². The van der Waals surface area contributed by atoms with Crippen molar-refractivity contribution in [3.05, 3.63) is 77.9 Å². The van der Waals surface area contributed by atoms with Gasteiger partial charge in [-0.05, 0) is 67.1 Å². The number of benzene rings is 3. The molecule has 0 spiro atoms. The van der Waals surface area contributed by atoms with E-state index in [4.69, 9.17) is 4.74 Å². The third-order valence-corrected chi connectivity index (χ3v) is 5.66. The van der Waals surface area contributed by atoms with Crippen molar-refractivity contribution in [2.45, 2.75) is 13.5 Å². The monoisotopic (exact) mass is 468 g/mol. The van der Waals surface area contributed by atoms with E-state index >= 15 is 0 Å². The normalized spacial score (nSPS) is 10.9. The summed E-state index contributed by atoms with van der Waals surface area (Å²) in [6, 6.07) is 18.4. The molecule has 1 heterocycles. The molecule has 0 saturated heterocycles. The first-order valence-electron chi connectivity index (χ1n) is 9.87. The Morgan fingerprint density at radius 2 is 1.85 bits per heavy atom. The standard InChI is InChI=1S/C24H18F2N2O4S/c1-14-5-10-19-20(11-14)33-22(28-19)15-6-8-17(9-7-15)27-21(29)13-31-23(30)16-3-2-4-18(12-16)32-24(25)26/h2-12,24H,13H2,1H3,(H,27,29). The first kappa shape index (κ1) is 22.3. The minimum absolute atomic E-state index is 0.00340. The van der Waals surface area contributed by atoms with E-state index in [0.29, 0.717) is 5.69 Å². The van der Waals surface area contributed by atoms with Gasteiger partial charge < -0.3 is 14.8 Å². The zero-order valence-corrected chi connectivity index (χ0v) is 18.2. The summed E-state index contributed by atoms with van der Waals surface area (Å²) in [7, 11) is 0. The molecule has 1 N–H and O–H groups in total. The average Bonchev–Trinajstić information content (AvgIpc) is 3.21. The molecular formula is C24H18F2N2O4S. The summed E-state index contributed by atoms with van der Waals surface area (Å²) < 4.78 is 34.9. The zero-order valence-electron chi connectivity index (χ0n) is 17.4. The number of carbonyl (C=O) groups excluding carboxylic acids is 2. The Morgan fingerprint density at radius 1 is 1.06 bits per heavy atom. The van der Waals surface area contributed by atoms with Crippen LogP contribution in [0.3, 0.4) is 0 Å². The van der Waals surface area contributed by atoms with E-state index in [1.54, 1.807) is 23.5 Å². The lowest BCUT2D eigenvalue weighted by atomic mass is 10.2. The maximum Gasteiger partial charge on any atom is 0.387 e. The van der Waals surface area contributed by atoms with Crippen LogP contribution in [-0.2, 0) is 9.53 Å². The number of fused-ring (bicyclic) bond motifs is 1. The fourth-order valence-electron chi connectivity index (χ4n) is 3.06. The second-order valence-corrected chi connectivity index (χ2v) is 8.13. The molecule has 3 aromatic carbocycles. The molecule has 0 fully saturated rings. The number of rotatable bonds is 7. The molecule has 4 rings (SSSR count). The molecule has 0 bridgehead atoms. The maximum absolute atomic E-state index is 12.3. The number of nitrogens with zero attached hydrogens (tertiary/aromatic N) is 1. The number of ether oxygens (including phenoxy) is 2. The van der Waals surface area contributed by atoms with E-state index in [2.05, 4.69) is 21.1 Å². The number of amides is 1. The third kappa shape index (κ3) is 5.69. The number of esters is 1. The van der Waals surface area contributed by atoms with Crippen LogP contribution < -0.4 is 10.1 Å². The number of hydrogen-bond donors (Lipinski definition) is 1. The Labute approximate surface area is 191 Å². The predicted molar refractivity (Wildman–Crippen MR) is 122 cm³/mol. The first-order valence-corrected chi connectivity index (χ1v) is 10.7. The van der Waals surface area contributed by atoms with Crippen LogP contribution in [0.5, 0.6) is 5.75 Å². The van der Waals surface area contributed by atoms with E-state index in [1.807, 2.05) is 31.2 Å². The molecule has 4 aromatic rings. The average molecular weight is 468 g/mol. The van der Waals surface area contributed by atoms with E-state index in [0.717, 1.165) is 26.9 Å². The van der Waals surface area contributed by atoms with Gasteiger partial charge in [0.25, 0.3) is 5.91 Å². The van der Waals surface area contributed by atoms with Crippen LogP contribution in [0.25, 0.3) is 20.8 Å². The van der Waals surface area contributed by atoms with Gasteiger partial charge in [-0.25, -0.2) is 9.78 Å². The van der Waals surface area contributed by atoms with Gasteiger partial charge >= 0.3 is 12.6 Å². The van der Waals surface area contributed by atoms with E-state index in [-0.39, 0.29) is 11.3 Å². The van der Waals surface area contributed by atoms with Crippen molar-refractivity contribution >= 4 is 39.1 Å². The van der Waals surface area contributed by atoms with E-state index < -0.39 is 25.1 Å². The number of anilines is 1. The Morgan fingerprint density at radius 3 is 2.61 bits per heavy atom. The maximum atomic E-state index is 12.3. The van der Waals surface area contributed by atoms with Crippen molar-refractivity contribution in [1.29, 1.82) is 0 Å². The molecule has 0 atom stereocenters. The van der Waals surface area contributed by atoms with Crippen LogP contribution in [0, 0.1) is 6.92 Å². The SMILES string of the molecule is Cc1ccc2nc(-c3ccc(NC(=O)COC(=O)c4cccc(OC(F)F)c4)cc3)sc2c1. The van der Waals surface area contributed by atoms with Crippen molar-refractivity contribution < 1.29 is 27.8 Å². The summed E-state index contributed by atoms with van der Waals surface area (Å²) in [5, 5.41) is 3.52. The van der Waals surface area contributed by atoms with Crippen molar-refractivity contribution in [2.24, 2.45) is 0 Å². The van der Waals surface area contributed by atoms with Crippen LogP contribution in [-0.4, -0.2) is 30.1 Å². The van der Waals surface area contributed by atoms with Crippen LogP contribution in [0.15, 0.2) is 66.7 Å². The number of alkyl halides is 2. The number of thiazole rings is 1. The van der Waals surface area contributed by atoms with E-state index in [1.165, 1.54) is 23.8 Å². The Kier molecular flexibility index (Phi) is 6.60. The quantitative estimate of drug-likeness (QED) is 0.354. The van der Waals surface area contributed by atoms with Gasteiger partial charge in [0.05, 0.1) is 15.8 Å². The van der Waals surface area contributed by atoms with Crippen molar-refractivity contribution in [1.82, 2.24) is 4.98 Å². The Hall–Kier alpha value is -3.85. The minimum atomic E-state index is -3.01. The van der Waals surface area contributed by atoms with Gasteiger partial charge in [-0.15, -0.1) is 11.3 Å². The number of aryl methyl sites for hydroxylation is 1. The number of nitrogens with one attached hydrogen (secondary N) is 1. The van der Waals surface area contributed by atoms with E-state index in [9.17, 15) is 18.4 Å². The molecule has 0 aliphatic rings. The van der Waals surface area contributed by atoms with Gasteiger partial charge in [0, 0.05) is 11.3 Å². The Balaban J connectivity index is 1.33. The molecule has 0 aliphatic heterocycles. The van der Waals surface area contributed by atoms with Crippen LogP contribution in [0.4, 0.5) is 14.5 Å². The van der Waals surface area contributed by atoms with Crippen molar-refractivity contribution in [3.8, 4) is 16.3 Å². The van der Waals surface area contributed by atoms with Gasteiger partial charge in [-0.2, -0.15) is 8.78 Å². The molecular weight excluding hydrogens is 450 g/mol. The summed E-state index contributed by atoms with van der Waals surface area (Å²) >= 11 is 1.59. The zero-order chi connectivity index (χ0) is 23.4. The molecule has 0 radical (unpaired) electrons. The van der Waals surface area contributed by atoms with Gasteiger partial charge in [-0.1, -0.05) is 12.1 Å². The van der Waals surface area contributed by atoms with Gasteiger partial charge in [0.15, 0.2) is 6.61 Å². The number of hydrogen-bond acceptors (Lipinski definition) is 6. The minimum Gasteiger partial charge on any atom is -0.452 e. The summed E-state index contributed by atoms with van der Waals surface area (Å²) in [4.78, 5) is 28.9. The predicted octanol–water partition coefficient (Wildman–Crippen LogP) is 5.67. The highest BCUT2D eigenvalue weighted by atomic mass is 32.1. The van der Waals surface area contributed by atoms with Gasteiger partial charge in [-0.3, -0.25) is 4.79 Å². The van der Waals surface area contributed by atoms with Gasteiger partial charge in [0.1, 0.15) is 10.8 Å². The fourth-order valence-corrected chi connectivity index (χ4v) is 4.13. The molecule has 9 heteroatoms. The number of carbonyl (C=O) groups is 2. The number of halogens is 2. The summed E-state index contributed by atoms with van der Waals surface area (Å²) in [5.41, 5.74) is 3.56.